The zero-order chi connectivity index (χ0) is 13.5. The third kappa shape index (κ3) is 4.48. The van der Waals surface area contributed by atoms with Crippen LogP contribution in [-0.2, 0) is 0 Å². The minimum Gasteiger partial charge on any atom is -0.504 e. The van der Waals surface area contributed by atoms with Crippen LogP contribution in [0.4, 0.5) is 0 Å². The Hall–Kier alpha value is -1.99. The highest BCUT2D eigenvalue weighted by molar-refractivity contribution is 5.75. The monoisotopic (exact) mass is 254 g/mol. The minimum atomic E-state index is -0.782. The standard InChI is InChI=1S/C11H18N4O3/c12-11(13)15-4-3-14-6-10(18)7-1-2-8(16)9(17)5-7/h1-2,5,10,14,16-18H,3-4,6H2,(H4,12,13,15). The van der Waals surface area contributed by atoms with Crippen molar-refractivity contribution < 1.29 is 15.3 Å². The second-order valence-electron chi connectivity index (χ2n) is 3.77. The molecule has 0 fully saturated rings. The Morgan fingerprint density at radius 3 is 2.61 bits per heavy atom. The molecular formula is C11H18N4O3. The van der Waals surface area contributed by atoms with Crippen LogP contribution >= 0.6 is 0 Å². The average Bonchev–Trinajstić information content (AvgIpc) is 2.31. The molecule has 1 rings (SSSR count). The summed E-state index contributed by atoms with van der Waals surface area (Å²) >= 11 is 0. The van der Waals surface area contributed by atoms with E-state index >= 15 is 0 Å². The SMILES string of the molecule is NC(N)=NCCNCC(O)c1ccc(O)c(O)c1. The number of guanidine groups is 1. The minimum absolute atomic E-state index is 0.0285. The second-order valence-corrected chi connectivity index (χ2v) is 3.77. The van der Waals surface area contributed by atoms with E-state index in [9.17, 15) is 10.2 Å². The molecule has 0 bridgehead atoms. The molecule has 1 unspecified atom stereocenters. The molecule has 0 saturated carbocycles. The van der Waals surface area contributed by atoms with Crippen molar-refractivity contribution in [1.82, 2.24) is 5.32 Å². The first-order valence-corrected chi connectivity index (χ1v) is 5.46. The summed E-state index contributed by atoms with van der Waals surface area (Å²) in [5.41, 5.74) is 10.8. The molecule has 100 valence electrons. The largest absolute Gasteiger partial charge is 0.504 e. The fourth-order valence-electron chi connectivity index (χ4n) is 1.37. The van der Waals surface area contributed by atoms with Crippen molar-refractivity contribution in [3.63, 3.8) is 0 Å². The number of aliphatic hydroxyl groups is 1. The number of hydrogen-bond donors (Lipinski definition) is 6. The number of nitrogens with two attached hydrogens (primary N) is 2. The van der Waals surface area contributed by atoms with Gasteiger partial charge in [-0.05, 0) is 17.7 Å². The van der Waals surface area contributed by atoms with E-state index in [-0.39, 0.29) is 17.5 Å². The van der Waals surface area contributed by atoms with Gasteiger partial charge in [0.2, 0.25) is 0 Å². The van der Waals surface area contributed by atoms with E-state index in [1.807, 2.05) is 0 Å². The number of hydrogen-bond acceptors (Lipinski definition) is 5. The molecule has 0 amide bonds. The molecule has 8 N–H and O–H groups in total. The van der Waals surface area contributed by atoms with E-state index in [0.29, 0.717) is 25.2 Å². The highest BCUT2D eigenvalue weighted by Gasteiger charge is 2.09. The van der Waals surface area contributed by atoms with Crippen molar-refractivity contribution in [2.24, 2.45) is 16.5 Å². The van der Waals surface area contributed by atoms with Gasteiger partial charge in [0.15, 0.2) is 17.5 Å². The lowest BCUT2D eigenvalue weighted by Gasteiger charge is -2.12. The van der Waals surface area contributed by atoms with Gasteiger partial charge in [-0.15, -0.1) is 0 Å². The summed E-state index contributed by atoms with van der Waals surface area (Å²) in [7, 11) is 0. The molecule has 7 heteroatoms. The number of aliphatic hydroxyl groups excluding tert-OH is 1. The third-order valence-electron chi connectivity index (χ3n) is 2.30. The third-order valence-corrected chi connectivity index (χ3v) is 2.30. The summed E-state index contributed by atoms with van der Waals surface area (Å²) in [6.45, 7) is 1.25. The lowest BCUT2D eigenvalue weighted by Crippen LogP contribution is -2.27. The number of aliphatic imine (C=N–C) groups is 1. The van der Waals surface area contributed by atoms with Crippen molar-refractivity contribution in [3.05, 3.63) is 23.8 Å². The van der Waals surface area contributed by atoms with Gasteiger partial charge in [0.1, 0.15) is 0 Å². The Balaban J connectivity index is 2.38. The average molecular weight is 254 g/mol. The molecular weight excluding hydrogens is 236 g/mol. The van der Waals surface area contributed by atoms with E-state index in [0.717, 1.165) is 0 Å². The van der Waals surface area contributed by atoms with Crippen LogP contribution in [0.25, 0.3) is 0 Å². The van der Waals surface area contributed by atoms with Crippen LogP contribution in [-0.4, -0.2) is 40.9 Å². The van der Waals surface area contributed by atoms with Gasteiger partial charge < -0.3 is 32.1 Å². The van der Waals surface area contributed by atoms with Crippen LogP contribution in [0.15, 0.2) is 23.2 Å². The molecule has 1 aromatic carbocycles. The zero-order valence-electron chi connectivity index (χ0n) is 9.87. The topological polar surface area (TPSA) is 137 Å². The summed E-state index contributed by atoms with van der Waals surface area (Å²) in [5, 5.41) is 31.2. The van der Waals surface area contributed by atoms with E-state index in [2.05, 4.69) is 10.3 Å². The summed E-state index contributed by atoms with van der Waals surface area (Å²) in [6.07, 6.45) is -0.782. The Kier molecular flexibility index (Phi) is 5.22. The van der Waals surface area contributed by atoms with Crippen molar-refractivity contribution >= 4 is 5.96 Å². The first-order chi connectivity index (χ1) is 8.50. The lowest BCUT2D eigenvalue weighted by atomic mass is 10.1. The van der Waals surface area contributed by atoms with Gasteiger partial charge in [-0.25, -0.2) is 0 Å². The molecule has 0 aliphatic heterocycles. The maximum atomic E-state index is 9.80. The predicted molar refractivity (Wildman–Crippen MR) is 68.3 cm³/mol. The van der Waals surface area contributed by atoms with Gasteiger partial charge in [0.05, 0.1) is 12.6 Å². The second kappa shape index (κ2) is 6.67. The van der Waals surface area contributed by atoms with Crippen LogP contribution in [0.1, 0.15) is 11.7 Å². The summed E-state index contributed by atoms with van der Waals surface area (Å²) in [4.78, 5) is 3.77. The van der Waals surface area contributed by atoms with Crippen molar-refractivity contribution in [2.45, 2.75) is 6.10 Å². The lowest BCUT2D eigenvalue weighted by molar-refractivity contribution is 0.175. The number of benzene rings is 1. The number of rotatable bonds is 6. The highest BCUT2D eigenvalue weighted by Crippen LogP contribution is 2.27. The Labute approximate surface area is 105 Å². The molecule has 0 heterocycles. The highest BCUT2D eigenvalue weighted by atomic mass is 16.3. The van der Waals surface area contributed by atoms with Crippen LogP contribution in [0.3, 0.4) is 0 Å². The summed E-state index contributed by atoms with van der Waals surface area (Å²) in [6, 6.07) is 4.18. The smallest absolute Gasteiger partial charge is 0.185 e. The van der Waals surface area contributed by atoms with E-state index in [1.165, 1.54) is 18.2 Å². The van der Waals surface area contributed by atoms with Gasteiger partial charge in [-0.1, -0.05) is 6.07 Å². The van der Waals surface area contributed by atoms with Crippen molar-refractivity contribution in [2.75, 3.05) is 19.6 Å². The maximum Gasteiger partial charge on any atom is 0.185 e. The quantitative estimate of drug-likeness (QED) is 0.167. The molecule has 1 aromatic rings. The fourth-order valence-corrected chi connectivity index (χ4v) is 1.37. The molecule has 18 heavy (non-hydrogen) atoms. The zero-order valence-corrected chi connectivity index (χ0v) is 9.87. The van der Waals surface area contributed by atoms with Crippen LogP contribution in [0.2, 0.25) is 0 Å². The Bertz CT molecular complexity index is 419. The molecule has 0 saturated heterocycles. The van der Waals surface area contributed by atoms with Gasteiger partial charge in [-0.3, -0.25) is 4.99 Å². The molecule has 1 atom stereocenters. The van der Waals surface area contributed by atoms with Crippen LogP contribution in [0.5, 0.6) is 11.5 Å². The molecule has 7 nitrogen and oxygen atoms in total. The molecule has 0 aliphatic carbocycles. The van der Waals surface area contributed by atoms with Crippen molar-refractivity contribution in [1.29, 1.82) is 0 Å². The van der Waals surface area contributed by atoms with E-state index in [4.69, 9.17) is 16.6 Å². The summed E-state index contributed by atoms with van der Waals surface area (Å²) < 4.78 is 0. The first-order valence-electron chi connectivity index (χ1n) is 5.46. The molecule has 0 spiro atoms. The van der Waals surface area contributed by atoms with Gasteiger partial charge in [0, 0.05) is 13.1 Å². The number of nitrogens with one attached hydrogen (secondary N) is 1. The van der Waals surface area contributed by atoms with Crippen molar-refractivity contribution in [3.8, 4) is 11.5 Å². The van der Waals surface area contributed by atoms with Gasteiger partial charge in [-0.2, -0.15) is 0 Å². The van der Waals surface area contributed by atoms with E-state index < -0.39 is 6.10 Å². The Morgan fingerprint density at radius 1 is 1.28 bits per heavy atom. The molecule has 0 aromatic heterocycles. The Morgan fingerprint density at radius 2 is 2.00 bits per heavy atom. The predicted octanol–water partition coefficient (Wildman–Crippen LogP) is -1.01. The van der Waals surface area contributed by atoms with Gasteiger partial charge in [0.25, 0.3) is 0 Å². The van der Waals surface area contributed by atoms with Gasteiger partial charge >= 0.3 is 0 Å². The number of phenols is 2. The number of aromatic hydroxyl groups is 2. The molecule has 0 aliphatic rings. The van der Waals surface area contributed by atoms with E-state index in [1.54, 1.807) is 0 Å². The normalized spacial score (nSPS) is 12.1. The maximum absolute atomic E-state index is 9.80. The fraction of sp³-hybridized carbons (Fsp3) is 0.364. The number of nitrogens with zero attached hydrogens (tertiary/aromatic N) is 1. The number of phenolic OH excluding ortho intramolecular Hbond substituents is 2. The molecule has 0 radical (unpaired) electrons. The summed E-state index contributed by atoms with van der Waals surface area (Å²) in [5.74, 6) is -0.445. The van der Waals surface area contributed by atoms with Crippen LogP contribution in [0, 0.1) is 0 Å². The first kappa shape index (κ1) is 14.1. The van der Waals surface area contributed by atoms with Crippen LogP contribution < -0.4 is 16.8 Å².